The van der Waals surface area contributed by atoms with Crippen LogP contribution < -0.4 is 10.5 Å². The van der Waals surface area contributed by atoms with Gasteiger partial charge in [-0.25, -0.2) is 0 Å². The van der Waals surface area contributed by atoms with Gasteiger partial charge in [-0.3, -0.25) is 0 Å². The Kier molecular flexibility index (Phi) is 4.68. The summed E-state index contributed by atoms with van der Waals surface area (Å²) in [7, 11) is 1.65. The summed E-state index contributed by atoms with van der Waals surface area (Å²) in [5.41, 5.74) is 8.32. The lowest BCUT2D eigenvalue weighted by Gasteiger charge is -2.06. The molecule has 3 rings (SSSR count). The summed E-state index contributed by atoms with van der Waals surface area (Å²) < 4.78 is 10.7. The van der Waals surface area contributed by atoms with E-state index in [2.05, 4.69) is 10.1 Å². The summed E-state index contributed by atoms with van der Waals surface area (Å²) in [6.07, 6.45) is 1.21. The van der Waals surface area contributed by atoms with E-state index in [9.17, 15) is 0 Å². The molecule has 1 aromatic heterocycles. The first-order chi connectivity index (χ1) is 11.3. The van der Waals surface area contributed by atoms with Gasteiger partial charge in [0.05, 0.1) is 13.2 Å². The van der Waals surface area contributed by atoms with E-state index < -0.39 is 0 Å². The molecule has 5 nitrogen and oxygen atoms in total. The van der Waals surface area contributed by atoms with Crippen LogP contribution in [-0.4, -0.2) is 17.3 Å². The van der Waals surface area contributed by atoms with Crippen LogP contribution in [0.4, 0.5) is 0 Å². The predicted octanol–water partition coefficient (Wildman–Crippen LogP) is 2.91. The fraction of sp³-hybridized carbons (Fsp3) is 0.222. The van der Waals surface area contributed by atoms with Crippen molar-refractivity contribution in [1.29, 1.82) is 0 Å². The standard InChI is InChI=1S/C18H19N3O2/c1-22-16-10-6-5-9-14(16)12-17-20-18(23-21-17)15(19)11-13-7-3-2-4-8-13/h2-10,15H,11-12,19H2,1H3/t15-/m1/s1. The maximum Gasteiger partial charge on any atom is 0.243 e. The van der Waals surface area contributed by atoms with Crippen LogP contribution >= 0.6 is 0 Å². The molecule has 0 aliphatic rings. The second-order valence-corrected chi connectivity index (χ2v) is 5.33. The highest BCUT2D eigenvalue weighted by Gasteiger charge is 2.16. The molecular formula is C18H19N3O2. The smallest absolute Gasteiger partial charge is 0.243 e. The topological polar surface area (TPSA) is 74.2 Å². The first-order valence-electron chi connectivity index (χ1n) is 7.50. The average molecular weight is 309 g/mol. The number of nitrogens with zero attached hydrogens (tertiary/aromatic N) is 2. The molecule has 0 aliphatic heterocycles. The van der Waals surface area contributed by atoms with Gasteiger partial charge in [0.1, 0.15) is 5.75 Å². The zero-order chi connectivity index (χ0) is 16.1. The lowest BCUT2D eigenvalue weighted by molar-refractivity contribution is 0.350. The molecule has 2 N–H and O–H groups in total. The second kappa shape index (κ2) is 7.07. The van der Waals surface area contributed by atoms with Crippen molar-refractivity contribution < 1.29 is 9.26 Å². The number of ether oxygens (including phenoxy) is 1. The van der Waals surface area contributed by atoms with E-state index in [1.54, 1.807) is 7.11 Å². The lowest BCUT2D eigenvalue weighted by atomic mass is 10.1. The molecular weight excluding hydrogens is 290 g/mol. The van der Waals surface area contributed by atoms with E-state index >= 15 is 0 Å². The molecule has 23 heavy (non-hydrogen) atoms. The molecule has 0 saturated carbocycles. The van der Waals surface area contributed by atoms with Crippen molar-refractivity contribution in [2.45, 2.75) is 18.9 Å². The number of hydrogen-bond donors (Lipinski definition) is 1. The van der Waals surface area contributed by atoms with Crippen LogP contribution in [0.15, 0.2) is 59.1 Å². The summed E-state index contributed by atoms with van der Waals surface area (Å²) >= 11 is 0. The van der Waals surface area contributed by atoms with E-state index in [0.29, 0.717) is 24.6 Å². The molecule has 1 atom stereocenters. The Morgan fingerprint density at radius 1 is 1.09 bits per heavy atom. The molecule has 0 saturated heterocycles. The third-order valence-electron chi connectivity index (χ3n) is 3.64. The molecule has 118 valence electrons. The van der Waals surface area contributed by atoms with Gasteiger partial charge in [0.25, 0.3) is 0 Å². The molecule has 0 radical (unpaired) electrons. The van der Waals surface area contributed by atoms with Gasteiger partial charge in [0.15, 0.2) is 5.82 Å². The minimum absolute atomic E-state index is 0.309. The van der Waals surface area contributed by atoms with Crippen LogP contribution in [0.1, 0.15) is 28.9 Å². The lowest BCUT2D eigenvalue weighted by Crippen LogP contribution is -2.13. The van der Waals surface area contributed by atoms with Crippen LogP contribution in [-0.2, 0) is 12.8 Å². The van der Waals surface area contributed by atoms with Crippen LogP contribution in [0.25, 0.3) is 0 Å². The van der Waals surface area contributed by atoms with Crippen LogP contribution in [0.5, 0.6) is 5.75 Å². The van der Waals surface area contributed by atoms with Crippen molar-refractivity contribution in [1.82, 2.24) is 10.1 Å². The molecule has 3 aromatic rings. The minimum atomic E-state index is -0.309. The van der Waals surface area contributed by atoms with Gasteiger partial charge in [0, 0.05) is 12.0 Å². The maximum absolute atomic E-state index is 6.17. The number of nitrogens with two attached hydrogens (primary N) is 1. The van der Waals surface area contributed by atoms with Gasteiger partial charge in [0.2, 0.25) is 5.89 Å². The number of aromatic nitrogens is 2. The van der Waals surface area contributed by atoms with Crippen molar-refractivity contribution in [2.24, 2.45) is 5.73 Å². The SMILES string of the molecule is COc1ccccc1Cc1noc([C@H](N)Cc2ccccc2)n1. The second-order valence-electron chi connectivity index (χ2n) is 5.33. The molecule has 0 bridgehead atoms. The third-order valence-corrected chi connectivity index (χ3v) is 3.64. The largest absolute Gasteiger partial charge is 0.496 e. The summed E-state index contributed by atoms with van der Waals surface area (Å²) in [4.78, 5) is 4.42. The Labute approximate surface area is 135 Å². The Hall–Kier alpha value is -2.66. The number of methoxy groups -OCH3 is 1. The fourth-order valence-corrected chi connectivity index (χ4v) is 2.46. The van der Waals surface area contributed by atoms with E-state index in [4.69, 9.17) is 15.0 Å². The normalized spacial score (nSPS) is 12.1. The summed E-state index contributed by atoms with van der Waals surface area (Å²) in [6.45, 7) is 0. The first-order valence-corrected chi connectivity index (χ1v) is 7.50. The Morgan fingerprint density at radius 2 is 1.83 bits per heavy atom. The quantitative estimate of drug-likeness (QED) is 0.758. The summed E-state index contributed by atoms with van der Waals surface area (Å²) in [6, 6.07) is 17.5. The van der Waals surface area contributed by atoms with E-state index in [1.807, 2.05) is 54.6 Å². The van der Waals surface area contributed by atoms with E-state index in [1.165, 1.54) is 0 Å². The highest BCUT2D eigenvalue weighted by atomic mass is 16.5. The van der Waals surface area contributed by atoms with Crippen molar-refractivity contribution in [3.05, 3.63) is 77.4 Å². The molecule has 5 heteroatoms. The highest BCUT2D eigenvalue weighted by molar-refractivity contribution is 5.35. The van der Waals surface area contributed by atoms with Crippen LogP contribution in [0.3, 0.4) is 0 Å². The maximum atomic E-state index is 6.17. The number of rotatable bonds is 6. The van der Waals surface area contributed by atoms with Crippen LogP contribution in [0, 0.1) is 0 Å². The van der Waals surface area contributed by atoms with Crippen molar-refractivity contribution in [2.75, 3.05) is 7.11 Å². The minimum Gasteiger partial charge on any atom is -0.496 e. The van der Waals surface area contributed by atoms with Gasteiger partial charge in [-0.2, -0.15) is 4.98 Å². The Morgan fingerprint density at radius 3 is 2.61 bits per heavy atom. The number of para-hydroxylation sites is 1. The molecule has 2 aromatic carbocycles. The van der Waals surface area contributed by atoms with Crippen molar-refractivity contribution >= 4 is 0 Å². The summed E-state index contributed by atoms with van der Waals surface area (Å²) in [5, 5.41) is 4.03. The van der Waals surface area contributed by atoms with Gasteiger partial charge in [-0.05, 0) is 18.1 Å². The molecule has 0 fully saturated rings. The first kappa shape index (κ1) is 15.2. The van der Waals surface area contributed by atoms with Crippen LogP contribution in [0.2, 0.25) is 0 Å². The van der Waals surface area contributed by atoms with Gasteiger partial charge >= 0.3 is 0 Å². The van der Waals surface area contributed by atoms with Gasteiger partial charge in [-0.1, -0.05) is 53.7 Å². The zero-order valence-electron chi connectivity index (χ0n) is 13.0. The fourth-order valence-electron chi connectivity index (χ4n) is 2.46. The molecule has 0 spiro atoms. The number of benzene rings is 2. The van der Waals surface area contributed by atoms with Gasteiger partial charge in [-0.15, -0.1) is 0 Å². The van der Waals surface area contributed by atoms with Crippen molar-refractivity contribution in [3.8, 4) is 5.75 Å². The zero-order valence-corrected chi connectivity index (χ0v) is 13.0. The van der Waals surface area contributed by atoms with E-state index in [0.717, 1.165) is 16.9 Å². The summed E-state index contributed by atoms with van der Waals surface area (Å²) in [5.74, 6) is 1.87. The highest BCUT2D eigenvalue weighted by Crippen LogP contribution is 2.21. The Bertz CT molecular complexity index is 756. The molecule has 0 aliphatic carbocycles. The number of hydrogen-bond acceptors (Lipinski definition) is 5. The van der Waals surface area contributed by atoms with Crippen molar-refractivity contribution in [3.63, 3.8) is 0 Å². The average Bonchev–Trinajstić information content (AvgIpc) is 3.05. The Balaban J connectivity index is 1.70. The van der Waals surface area contributed by atoms with Gasteiger partial charge < -0.3 is 15.0 Å². The monoisotopic (exact) mass is 309 g/mol. The molecule has 1 heterocycles. The molecule has 0 amide bonds. The predicted molar refractivity (Wildman–Crippen MR) is 87.2 cm³/mol. The van der Waals surface area contributed by atoms with E-state index in [-0.39, 0.29) is 6.04 Å². The molecule has 0 unspecified atom stereocenters. The third kappa shape index (κ3) is 3.76.